The summed E-state index contributed by atoms with van der Waals surface area (Å²) in [5.41, 5.74) is 0.414. The molecule has 148 valence electrons. The molecule has 0 aliphatic heterocycles. The fraction of sp³-hybridized carbons (Fsp3) is 0.600. The molecule has 1 unspecified atom stereocenters. The lowest BCUT2D eigenvalue weighted by Gasteiger charge is -2.18. The summed E-state index contributed by atoms with van der Waals surface area (Å²) in [7, 11) is 0.230. The third-order valence-electron chi connectivity index (χ3n) is 5.14. The monoisotopic (exact) mass is 390 g/mol. The highest BCUT2D eigenvalue weighted by atomic mass is 28.3. The molecular formula is C20H30N2O4Si. The van der Waals surface area contributed by atoms with Gasteiger partial charge in [-0.25, -0.2) is 4.79 Å². The lowest BCUT2D eigenvalue weighted by atomic mass is 10.1. The summed E-state index contributed by atoms with van der Waals surface area (Å²) in [6, 6.07) is 4.33. The molecule has 2 heterocycles. The maximum atomic E-state index is 13.2. The van der Waals surface area contributed by atoms with Crippen molar-refractivity contribution in [1.29, 1.82) is 0 Å². The Balaban J connectivity index is 1.84. The Kier molecular flexibility index (Phi) is 5.91. The topological polar surface area (TPSA) is 62.5 Å². The average molecular weight is 391 g/mol. The van der Waals surface area contributed by atoms with E-state index in [0.717, 1.165) is 24.3 Å². The van der Waals surface area contributed by atoms with Gasteiger partial charge in [-0.3, -0.25) is 9.36 Å². The van der Waals surface area contributed by atoms with Gasteiger partial charge in [0.2, 0.25) is 0 Å². The van der Waals surface area contributed by atoms with Crippen LogP contribution in [0.4, 0.5) is 0 Å². The van der Waals surface area contributed by atoms with Gasteiger partial charge < -0.3 is 14.0 Å². The minimum Gasteiger partial charge on any atom is -0.467 e. The summed E-state index contributed by atoms with van der Waals surface area (Å²) in [5, 5.41) is 0.861. The summed E-state index contributed by atoms with van der Waals surface area (Å²) in [6.07, 6.45) is 6.48. The van der Waals surface area contributed by atoms with Crippen molar-refractivity contribution in [2.24, 2.45) is 5.92 Å². The maximum Gasteiger partial charge on any atom is 0.328 e. The summed E-state index contributed by atoms with van der Waals surface area (Å²) in [4.78, 5) is 25.4. The minimum atomic E-state index is -1.15. The Morgan fingerprint density at radius 3 is 2.59 bits per heavy atom. The van der Waals surface area contributed by atoms with Crippen LogP contribution in [0.15, 0.2) is 29.3 Å². The van der Waals surface area contributed by atoms with Gasteiger partial charge in [-0.05, 0) is 30.5 Å². The number of rotatable bonds is 9. The third-order valence-corrected chi connectivity index (χ3v) is 6.84. The molecule has 1 aliphatic carbocycles. The zero-order valence-electron chi connectivity index (χ0n) is 16.7. The first-order chi connectivity index (χ1) is 12.8. The third kappa shape index (κ3) is 4.90. The second-order valence-electron chi connectivity index (χ2n) is 8.68. The van der Waals surface area contributed by atoms with Crippen LogP contribution in [0.25, 0.3) is 10.9 Å². The first kappa shape index (κ1) is 19.9. The highest BCUT2D eigenvalue weighted by Gasteiger charge is 2.32. The Bertz CT molecular complexity index is 861. The normalized spacial score (nSPS) is 15.9. The molecule has 0 spiro atoms. The zero-order valence-corrected chi connectivity index (χ0v) is 17.7. The second kappa shape index (κ2) is 8.02. The van der Waals surface area contributed by atoms with Crippen molar-refractivity contribution in [3.05, 3.63) is 34.9 Å². The summed E-state index contributed by atoms with van der Waals surface area (Å²) in [5.74, 6) is 0.154. The lowest BCUT2D eigenvalue weighted by Crippen LogP contribution is -2.31. The Morgan fingerprint density at radius 1 is 1.26 bits per heavy atom. The van der Waals surface area contributed by atoms with Gasteiger partial charge in [0.1, 0.15) is 18.3 Å². The van der Waals surface area contributed by atoms with E-state index in [2.05, 4.69) is 19.6 Å². The number of hydrogen-bond acceptors (Lipinski definition) is 4. The van der Waals surface area contributed by atoms with Crippen molar-refractivity contribution in [3.8, 4) is 0 Å². The van der Waals surface area contributed by atoms with Gasteiger partial charge in [0.25, 0.3) is 5.56 Å². The number of carbonyl (C=O) groups excluding carboxylic acids is 1. The number of ether oxygens (including phenoxy) is 2. The van der Waals surface area contributed by atoms with Crippen LogP contribution in [-0.2, 0) is 21.0 Å². The number of pyridine rings is 1. The number of hydrogen-bond donors (Lipinski definition) is 0. The molecule has 0 aromatic carbocycles. The Labute approximate surface area is 161 Å². The number of esters is 1. The van der Waals surface area contributed by atoms with Crippen LogP contribution in [0.2, 0.25) is 25.7 Å². The Morgan fingerprint density at radius 2 is 1.96 bits per heavy atom. The molecule has 27 heavy (non-hydrogen) atoms. The lowest BCUT2D eigenvalue weighted by molar-refractivity contribution is -0.145. The van der Waals surface area contributed by atoms with Crippen LogP contribution < -0.4 is 5.56 Å². The van der Waals surface area contributed by atoms with Crippen LogP contribution in [0.1, 0.15) is 25.3 Å². The number of fused-ring (bicyclic) bond motifs is 1. The molecule has 0 bridgehead atoms. The molecule has 6 nitrogen and oxygen atoms in total. The SMILES string of the molecule is COC(=O)C(CC1CC1)n1ccc2ccn(COCC[Si](C)(C)C)c2c1=O. The zero-order chi connectivity index (χ0) is 19.6. The predicted molar refractivity (Wildman–Crippen MR) is 109 cm³/mol. The molecule has 0 radical (unpaired) electrons. The van der Waals surface area contributed by atoms with Crippen LogP contribution in [0, 0.1) is 5.92 Å². The summed E-state index contributed by atoms with van der Waals surface area (Å²) < 4.78 is 14.1. The maximum absolute atomic E-state index is 13.2. The fourth-order valence-electron chi connectivity index (χ4n) is 3.24. The van der Waals surface area contributed by atoms with Crippen LogP contribution in [0.3, 0.4) is 0 Å². The molecule has 2 aromatic rings. The van der Waals surface area contributed by atoms with E-state index < -0.39 is 14.1 Å². The van der Waals surface area contributed by atoms with Crippen molar-refractivity contribution in [2.45, 2.75) is 57.7 Å². The van der Waals surface area contributed by atoms with Gasteiger partial charge in [-0.1, -0.05) is 32.5 Å². The quantitative estimate of drug-likeness (QED) is 0.373. The standard InChI is InChI=1S/C20H30N2O4Si/c1-25-20(24)17(13-15-5-6-15)22-10-8-16-7-9-21(18(16)19(22)23)14-26-11-12-27(2,3)4/h7-10,15,17H,5-6,11-14H2,1-4H3. The van der Waals surface area contributed by atoms with E-state index in [1.165, 1.54) is 11.7 Å². The molecule has 2 aromatic heterocycles. The van der Waals surface area contributed by atoms with E-state index in [1.807, 2.05) is 22.9 Å². The van der Waals surface area contributed by atoms with Gasteiger partial charge in [-0.15, -0.1) is 0 Å². The number of aromatic nitrogens is 2. The van der Waals surface area contributed by atoms with E-state index in [4.69, 9.17) is 9.47 Å². The van der Waals surface area contributed by atoms with Crippen molar-refractivity contribution >= 4 is 24.9 Å². The smallest absolute Gasteiger partial charge is 0.328 e. The first-order valence-corrected chi connectivity index (χ1v) is 13.4. The molecule has 1 aliphatic rings. The van der Waals surface area contributed by atoms with Crippen LogP contribution in [0.5, 0.6) is 0 Å². The van der Waals surface area contributed by atoms with E-state index in [0.29, 0.717) is 31.2 Å². The van der Waals surface area contributed by atoms with Crippen molar-refractivity contribution in [3.63, 3.8) is 0 Å². The Hall–Kier alpha value is -1.86. The predicted octanol–water partition coefficient (Wildman–Crippen LogP) is 3.63. The molecule has 0 saturated heterocycles. The molecule has 0 N–H and O–H groups in total. The van der Waals surface area contributed by atoms with Gasteiger partial charge >= 0.3 is 5.97 Å². The summed E-state index contributed by atoms with van der Waals surface area (Å²) in [6.45, 7) is 7.98. The fourth-order valence-corrected chi connectivity index (χ4v) is 4.00. The van der Waals surface area contributed by atoms with Crippen LogP contribution in [-0.4, -0.2) is 36.9 Å². The van der Waals surface area contributed by atoms with Crippen molar-refractivity contribution < 1.29 is 14.3 Å². The molecule has 1 atom stereocenters. The van der Waals surface area contributed by atoms with Crippen LogP contribution >= 0.6 is 0 Å². The molecule has 3 rings (SSSR count). The highest BCUT2D eigenvalue weighted by molar-refractivity contribution is 6.76. The van der Waals surface area contributed by atoms with E-state index in [-0.39, 0.29) is 11.5 Å². The molecule has 1 saturated carbocycles. The van der Waals surface area contributed by atoms with Gasteiger partial charge in [0.15, 0.2) is 0 Å². The average Bonchev–Trinajstić information content (AvgIpc) is 3.34. The number of methoxy groups -OCH3 is 1. The van der Waals surface area contributed by atoms with Crippen molar-refractivity contribution in [2.75, 3.05) is 13.7 Å². The number of nitrogens with zero attached hydrogens (tertiary/aromatic N) is 2. The first-order valence-electron chi connectivity index (χ1n) is 9.66. The number of carbonyl (C=O) groups is 1. The van der Waals surface area contributed by atoms with E-state index in [9.17, 15) is 9.59 Å². The minimum absolute atomic E-state index is 0.164. The largest absolute Gasteiger partial charge is 0.467 e. The molecule has 1 fully saturated rings. The second-order valence-corrected chi connectivity index (χ2v) is 14.3. The molecular weight excluding hydrogens is 360 g/mol. The molecule has 0 amide bonds. The summed E-state index contributed by atoms with van der Waals surface area (Å²) >= 11 is 0. The highest BCUT2D eigenvalue weighted by Crippen LogP contribution is 2.37. The van der Waals surface area contributed by atoms with Crippen molar-refractivity contribution in [1.82, 2.24) is 9.13 Å². The van der Waals surface area contributed by atoms with E-state index >= 15 is 0 Å². The molecule has 7 heteroatoms. The van der Waals surface area contributed by atoms with E-state index in [1.54, 1.807) is 6.20 Å². The van der Waals surface area contributed by atoms with Gasteiger partial charge in [-0.2, -0.15) is 0 Å². The van der Waals surface area contributed by atoms with Gasteiger partial charge in [0.05, 0.1) is 7.11 Å². The van der Waals surface area contributed by atoms with Gasteiger partial charge in [0, 0.05) is 32.5 Å².